The molecule has 1 aliphatic rings. The van der Waals surface area contributed by atoms with Crippen LogP contribution >= 0.6 is 11.6 Å². The monoisotopic (exact) mass is 524 g/mol. The van der Waals surface area contributed by atoms with Crippen LogP contribution in [0.3, 0.4) is 0 Å². The van der Waals surface area contributed by atoms with E-state index in [1.165, 1.54) is 17.2 Å². The Balaban J connectivity index is 1.58. The number of anilines is 1. The van der Waals surface area contributed by atoms with Crippen molar-refractivity contribution in [3.05, 3.63) is 70.4 Å². The van der Waals surface area contributed by atoms with E-state index < -0.39 is 11.9 Å². The van der Waals surface area contributed by atoms with E-state index in [0.717, 1.165) is 5.69 Å². The van der Waals surface area contributed by atoms with E-state index in [1.807, 2.05) is 25.2 Å². The minimum Gasteiger partial charge on any atom is -0.490 e. The van der Waals surface area contributed by atoms with Gasteiger partial charge >= 0.3 is 0 Å². The van der Waals surface area contributed by atoms with Crippen LogP contribution in [0.5, 0.6) is 5.75 Å². The fourth-order valence-corrected chi connectivity index (χ4v) is 4.71. The van der Waals surface area contributed by atoms with Crippen molar-refractivity contribution in [2.75, 3.05) is 18.8 Å². The minimum atomic E-state index is -0.648. The number of nitrogens with two attached hydrogens (primary N) is 1. The third-order valence-corrected chi connectivity index (χ3v) is 6.48. The molecule has 1 aliphatic heterocycles. The Morgan fingerprint density at radius 1 is 1.32 bits per heavy atom. The van der Waals surface area contributed by atoms with Crippen LogP contribution in [0.1, 0.15) is 41.4 Å². The smallest absolute Gasteiger partial charge is 0.272 e. The second-order valence-electron chi connectivity index (χ2n) is 9.32. The Morgan fingerprint density at radius 3 is 2.73 bits per heavy atom. The lowest BCUT2D eigenvalue weighted by Crippen LogP contribution is -2.53. The average molecular weight is 525 g/mol. The van der Waals surface area contributed by atoms with E-state index in [0.29, 0.717) is 34.0 Å². The van der Waals surface area contributed by atoms with Crippen molar-refractivity contribution in [2.45, 2.75) is 39.4 Å². The van der Waals surface area contributed by atoms with Crippen LogP contribution in [0, 0.1) is 12.7 Å². The van der Waals surface area contributed by atoms with Crippen LogP contribution in [0.25, 0.3) is 16.6 Å². The van der Waals surface area contributed by atoms with Gasteiger partial charge in [-0.15, -0.1) is 0 Å². The molecule has 4 heterocycles. The molecule has 0 bridgehead atoms. The van der Waals surface area contributed by atoms with E-state index in [1.54, 1.807) is 24.5 Å². The number of rotatable bonds is 6. The molecule has 0 radical (unpaired) electrons. The van der Waals surface area contributed by atoms with Gasteiger partial charge in [0.1, 0.15) is 28.6 Å². The van der Waals surface area contributed by atoms with Crippen molar-refractivity contribution < 1.29 is 19.0 Å². The van der Waals surface area contributed by atoms with Crippen molar-refractivity contribution in [3.8, 4) is 16.9 Å². The fourth-order valence-electron chi connectivity index (χ4n) is 4.48. The topological polar surface area (TPSA) is 119 Å². The summed E-state index contributed by atoms with van der Waals surface area (Å²) in [7, 11) is 0. The molecule has 0 spiro atoms. The Bertz CT molecular complexity index is 1500. The SMILES string of the molecule is Cc1nc(Cc2cc(Cl)c(F)c(-c3ccc(C(=O)N4CC(O)C4)nc3)c2OC(C)C)n2ccnc(N)c12. The normalized spacial score (nSPS) is 13.9. The predicted octanol–water partition coefficient (Wildman–Crippen LogP) is 3.67. The first-order valence-electron chi connectivity index (χ1n) is 11.8. The molecule has 3 aromatic heterocycles. The first-order chi connectivity index (χ1) is 17.6. The van der Waals surface area contributed by atoms with Crippen LogP contribution in [0.4, 0.5) is 10.2 Å². The van der Waals surface area contributed by atoms with Crippen LogP contribution < -0.4 is 10.5 Å². The van der Waals surface area contributed by atoms with Gasteiger partial charge in [-0.3, -0.25) is 14.2 Å². The van der Waals surface area contributed by atoms with Crippen LogP contribution in [-0.4, -0.2) is 60.6 Å². The van der Waals surface area contributed by atoms with E-state index >= 15 is 4.39 Å². The largest absolute Gasteiger partial charge is 0.490 e. The van der Waals surface area contributed by atoms with Gasteiger partial charge in [-0.2, -0.15) is 0 Å². The highest BCUT2D eigenvalue weighted by molar-refractivity contribution is 6.31. The highest BCUT2D eigenvalue weighted by Gasteiger charge is 2.30. The molecule has 0 unspecified atom stereocenters. The summed E-state index contributed by atoms with van der Waals surface area (Å²) < 4.78 is 23.5. The first kappa shape index (κ1) is 24.9. The lowest BCUT2D eigenvalue weighted by molar-refractivity contribution is 0.00551. The molecule has 0 atom stereocenters. The number of carbonyl (C=O) groups excluding carboxylic acids is 1. The van der Waals surface area contributed by atoms with Gasteiger partial charge in [0.2, 0.25) is 0 Å². The van der Waals surface area contributed by atoms with Gasteiger partial charge in [0, 0.05) is 49.2 Å². The summed E-state index contributed by atoms with van der Waals surface area (Å²) in [4.78, 5) is 27.1. The Morgan fingerprint density at radius 2 is 2.08 bits per heavy atom. The van der Waals surface area contributed by atoms with Gasteiger partial charge < -0.3 is 20.5 Å². The molecule has 1 amide bonds. The highest BCUT2D eigenvalue weighted by atomic mass is 35.5. The molecule has 1 saturated heterocycles. The average Bonchev–Trinajstić information content (AvgIpc) is 3.16. The van der Waals surface area contributed by atoms with Crippen LogP contribution in [0.2, 0.25) is 5.02 Å². The molecule has 4 aromatic rings. The van der Waals surface area contributed by atoms with Gasteiger partial charge in [-0.25, -0.2) is 14.4 Å². The van der Waals surface area contributed by atoms with E-state index in [4.69, 9.17) is 22.1 Å². The highest BCUT2D eigenvalue weighted by Crippen LogP contribution is 2.41. The zero-order valence-electron chi connectivity index (χ0n) is 20.6. The summed E-state index contributed by atoms with van der Waals surface area (Å²) in [6.07, 6.45) is 4.31. The number of nitrogen functional groups attached to an aromatic ring is 1. The zero-order chi connectivity index (χ0) is 26.4. The molecule has 11 heteroatoms. The molecular weight excluding hydrogens is 499 g/mol. The number of aliphatic hydroxyl groups excluding tert-OH is 1. The van der Waals surface area contributed by atoms with Gasteiger partial charge in [-0.1, -0.05) is 17.7 Å². The maximum Gasteiger partial charge on any atom is 0.272 e. The van der Waals surface area contributed by atoms with Crippen LogP contribution in [-0.2, 0) is 6.42 Å². The molecular formula is C26H26ClFN6O3. The van der Waals surface area contributed by atoms with Crippen molar-refractivity contribution in [1.82, 2.24) is 24.3 Å². The summed E-state index contributed by atoms with van der Waals surface area (Å²) in [5.41, 5.74) is 8.89. The van der Waals surface area contributed by atoms with Crippen LogP contribution in [0.15, 0.2) is 36.8 Å². The number of hydrogen-bond acceptors (Lipinski definition) is 7. The molecule has 37 heavy (non-hydrogen) atoms. The second-order valence-corrected chi connectivity index (χ2v) is 9.73. The van der Waals surface area contributed by atoms with E-state index in [9.17, 15) is 9.90 Å². The molecule has 3 N–H and O–H groups in total. The summed E-state index contributed by atoms with van der Waals surface area (Å²) in [6.45, 7) is 6.09. The van der Waals surface area contributed by atoms with Gasteiger partial charge in [0.15, 0.2) is 5.82 Å². The first-order valence-corrected chi connectivity index (χ1v) is 12.2. The predicted molar refractivity (Wildman–Crippen MR) is 137 cm³/mol. The number of imidazole rings is 1. The number of likely N-dealkylation sites (tertiary alicyclic amines) is 1. The van der Waals surface area contributed by atoms with Crippen molar-refractivity contribution in [2.24, 2.45) is 0 Å². The lowest BCUT2D eigenvalue weighted by atomic mass is 9.99. The van der Waals surface area contributed by atoms with Gasteiger partial charge in [-0.05, 0) is 32.9 Å². The number of aromatic nitrogens is 4. The number of pyridine rings is 1. The maximum atomic E-state index is 15.5. The number of aryl methyl sites for hydroxylation is 1. The Hall–Kier alpha value is -3.76. The van der Waals surface area contributed by atoms with Crippen molar-refractivity contribution in [1.29, 1.82) is 0 Å². The number of carbonyl (C=O) groups is 1. The molecule has 0 aliphatic carbocycles. The molecule has 1 aromatic carbocycles. The summed E-state index contributed by atoms with van der Waals surface area (Å²) in [6, 6.07) is 4.69. The third-order valence-electron chi connectivity index (χ3n) is 6.20. The zero-order valence-corrected chi connectivity index (χ0v) is 21.3. The van der Waals surface area contributed by atoms with Gasteiger partial charge in [0.25, 0.3) is 5.91 Å². The number of β-amino-alcohol motifs (C(OH)–C–C–N with tert-alkyl or cyclic N) is 1. The quantitative estimate of drug-likeness (QED) is 0.395. The number of benzene rings is 1. The minimum absolute atomic E-state index is 0.0745. The molecule has 1 fully saturated rings. The third kappa shape index (κ3) is 4.58. The number of fused-ring (bicyclic) bond motifs is 1. The van der Waals surface area contributed by atoms with E-state index in [-0.39, 0.29) is 47.8 Å². The number of nitrogens with zero attached hydrogens (tertiary/aromatic N) is 5. The number of hydrogen-bond donors (Lipinski definition) is 2. The molecule has 9 nitrogen and oxygen atoms in total. The maximum absolute atomic E-state index is 15.5. The summed E-state index contributed by atoms with van der Waals surface area (Å²) in [5, 5.41) is 9.40. The van der Waals surface area contributed by atoms with E-state index in [2.05, 4.69) is 15.0 Å². The van der Waals surface area contributed by atoms with Gasteiger partial charge in [0.05, 0.1) is 28.5 Å². The number of ether oxygens (including phenoxy) is 1. The fraction of sp³-hybridized carbons (Fsp3) is 0.308. The summed E-state index contributed by atoms with van der Waals surface area (Å²) in [5.74, 6) is 0.409. The molecule has 192 valence electrons. The standard InChI is InChI=1S/C26H26ClFN6O3/c1-13(2)37-24-16(9-20-32-14(3)23-25(29)30-6-7-34(20)23)8-18(27)22(28)21(24)15-4-5-19(31-10-15)26(36)33-11-17(35)12-33/h4-8,10,13,17,35H,9,11-12H2,1-3H3,(H2,29,30). The Labute approximate surface area is 217 Å². The summed E-state index contributed by atoms with van der Waals surface area (Å²) >= 11 is 6.36. The lowest BCUT2D eigenvalue weighted by Gasteiger charge is -2.35. The second kappa shape index (κ2) is 9.60. The van der Waals surface area contributed by atoms with Crippen molar-refractivity contribution in [3.63, 3.8) is 0 Å². The number of amides is 1. The number of halogens is 2. The number of aliphatic hydroxyl groups is 1. The molecule has 5 rings (SSSR count). The Kier molecular flexibility index (Phi) is 6.47. The van der Waals surface area contributed by atoms with Crippen molar-refractivity contribution >= 4 is 28.8 Å². The molecule has 0 saturated carbocycles.